The first kappa shape index (κ1) is 23.8. The van der Waals surface area contributed by atoms with Gasteiger partial charge in [-0.3, -0.25) is 9.59 Å². The monoisotopic (exact) mass is 565 g/mol. The van der Waals surface area contributed by atoms with E-state index < -0.39 is 11.5 Å². The van der Waals surface area contributed by atoms with Crippen LogP contribution in [0.4, 0.5) is 0 Å². The largest absolute Gasteiger partial charge is 0.493 e. The van der Waals surface area contributed by atoms with Crippen molar-refractivity contribution in [1.82, 2.24) is 9.66 Å². The summed E-state index contributed by atoms with van der Waals surface area (Å²) in [6.45, 7) is 1.27. The summed E-state index contributed by atoms with van der Waals surface area (Å²) in [6, 6.07) is 17.4. The number of aromatic nitrogens is 2. The Morgan fingerprint density at radius 2 is 1.97 bits per heavy atom. The second-order valence-corrected chi connectivity index (χ2v) is 9.08. The number of rotatable bonds is 5. The molecule has 0 aliphatic rings. The van der Waals surface area contributed by atoms with Gasteiger partial charge in [0.2, 0.25) is 5.82 Å². The first-order valence-corrected chi connectivity index (χ1v) is 11.8. The van der Waals surface area contributed by atoms with Crippen molar-refractivity contribution in [1.29, 1.82) is 0 Å². The molecule has 0 saturated carbocycles. The highest BCUT2D eigenvalue weighted by Gasteiger charge is 2.18. The normalized spacial score (nSPS) is 11.4. The minimum atomic E-state index is -0.552. The van der Waals surface area contributed by atoms with Crippen LogP contribution in [0, 0.1) is 0 Å². The SMILES string of the molecule is COc1cc(Cl)cc(C=Nn2c(-c3cc4cc(Br)ccc4o3)nc3ccccc3c2=O)c1OC(C)=O. The molecule has 0 fully saturated rings. The Kier molecular flexibility index (Phi) is 6.34. The zero-order valence-electron chi connectivity index (χ0n) is 19.0. The maximum atomic E-state index is 13.5. The Bertz CT molecular complexity index is 1740. The number of carbonyl (C=O) groups is 1. The molecule has 8 nitrogen and oxygen atoms in total. The lowest BCUT2D eigenvalue weighted by molar-refractivity contribution is -0.132. The van der Waals surface area contributed by atoms with Gasteiger partial charge in [0.25, 0.3) is 5.56 Å². The molecule has 5 rings (SSSR count). The molecule has 180 valence electrons. The number of methoxy groups -OCH3 is 1. The van der Waals surface area contributed by atoms with E-state index in [0.29, 0.717) is 32.8 Å². The molecule has 0 atom stereocenters. The number of esters is 1. The van der Waals surface area contributed by atoms with Gasteiger partial charge in [0, 0.05) is 33.4 Å². The van der Waals surface area contributed by atoms with Crippen LogP contribution in [0.1, 0.15) is 12.5 Å². The number of fused-ring (bicyclic) bond motifs is 2. The Hall–Kier alpha value is -3.95. The maximum absolute atomic E-state index is 13.5. The molecule has 0 bridgehead atoms. The predicted octanol–water partition coefficient (Wildman–Crippen LogP) is 6.04. The average Bonchev–Trinajstić information content (AvgIpc) is 3.27. The molecular formula is C26H17BrClN3O5. The fraction of sp³-hybridized carbons (Fsp3) is 0.0769. The van der Waals surface area contributed by atoms with E-state index in [2.05, 4.69) is 26.0 Å². The summed E-state index contributed by atoms with van der Waals surface area (Å²) in [5, 5.41) is 5.95. The van der Waals surface area contributed by atoms with E-state index >= 15 is 0 Å². The molecule has 2 heterocycles. The lowest BCUT2D eigenvalue weighted by Gasteiger charge is -2.12. The zero-order chi connectivity index (χ0) is 25.4. The minimum absolute atomic E-state index is 0.120. The molecule has 0 saturated heterocycles. The Morgan fingerprint density at radius 1 is 1.17 bits per heavy atom. The third kappa shape index (κ3) is 4.50. The highest BCUT2D eigenvalue weighted by Crippen LogP contribution is 2.34. The first-order valence-electron chi connectivity index (χ1n) is 10.7. The van der Waals surface area contributed by atoms with Gasteiger partial charge >= 0.3 is 5.97 Å². The van der Waals surface area contributed by atoms with Gasteiger partial charge in [0.15, 0.2) is 17.3 Å². The molecule has 0 amide bonds. The molecule has 36 heavy (non-hydrogen) atoms. The summed E-state index contributed by atoms with van der Waals surface area (Å²) in [5.41, 5.74) is 1.05. The molecule has 2 aromatic heterocycles. The van der Waals surface area contributed by atoms with E-state index in [9.17, 15) is 9.59 Å². The number of benzene rings is 3. The van der Waals surface area contributed by atoms with Gasteiger partial charge in [0.1, 0.15) is 5.58 Å². The average molecular weight is 567 g/mol. The molecule has 0 radical (unpaired) electrons. The molecular weight excluding hydrogens is 550 g/mol. The van der Waals surface area contributed by atoms with Crippen molar-refractivity contribution in [2.75, 3.05) is 7.11 Å². The van der Waals surface area contributed by atoms with Crippen LogP contribution in [0.25, 0.3) is 33.5 Å². The molecule has 0 aliphatic heterocycles. The van der Waals surface area contributed by atoms with Crippen LogP contribution in [0.2, 0.25) is 5.02 Å². The van der Waals surface area contributed by atoms with E-state index in [1.54, 1.807) is 36.4 Å². The van der Waals surface area contributed by atoms with Crippen LogP contribution < -0.4 is 15.0 Å². The highest BCUT2D eigenvalue weighted by molar-refractivity contribution is 9.10. The van der Waals surface area contributed by atoms with E-state index in [-0.39, 0.29) is 17.3 Å². The number of furan rings is 1. The number of hydrogen-bond donors (Lipinski definition) is 0. The molecule has 5 aromatic rings. The van der Waals surface area contributed by atoms with Crippen LogP contribution in [-0.2, 0) is 4.79 Å². The summed E-state index contributed by atoms with van der Waals surface area (Å²) in [4.78, 5) is 29.9. The lowest BCUT2D eigenvalue weighted by Crippen LogP contribution is -2.20. The quantitative estimate of drug-likeness (QED) is 0.146. The molecule has 0 unspecified atom stereocenters. The molecule has 10 heteroatoms. The fourth-order valence-electron chi connectivity index (χ4n) is 3.72. The van der Waals surface area contributed by atoms with Gasteiger partial charge in [-0.1, -0.05) is 39.7 Å². The second-order valence-electron chi connectivity index (χ2n) is 7.73. The van der Waals surface area contributed by atoms with E-state index in [1.807, 2.05) is 18.2 Å². The molecule has 0 spiro atoms. The maximum Gasteiger partial charge on any atom is 0.308 e. The van der Waals surface area contributed by atoms with Crippen molar-refractivity contribution in [2.24, 2.45) is 5.10 Å². The van der Waals surface area contributed by atoms with Crippen molar-refractivity contribution < 1.29 is 18.7 Å². The van der Waals surface area contributed by atoms with Gasteiger partial charge < -0.3 is 13.9 Å². The Labute approximate surface area is 217 Å². The minimum Gasteiger partial charge on any atom is -0.493 e. The van der Waals surface area contributed by atoms with Crippen molar-refractivity contribution in [3.8, 4) is 23.1 Å². The Balaban J connectivity index is 1.73. The lowest BCUT2D eigenvalue weighted by atomic mass is 10.2. The van der Waals surface area contributed by atoms with E-state index in [0.717, 1.165) is 14.5 Å². The van der Waals surface area contributed by atoms with Gasteiger partial charge in [-0.2, -0.15) is 9.78 Å². The van der Waals surface area contributed by atoms with Gasteiger partial charge in [-0.05, 0) is 42.5 Å². The van der Waals surface area contributed by atoms with Gasteiger partial charge in [-0.25, -0.2) is 4.98 Å². The standard InChI is InChI=1S/C26H17BrClN3O5/c1-14(32)35-24-16(10-18(28)12-22(24)34-2)13-29-31-25(30-20-6-4-3-5-19(20)26(31)33)23-11-15-9-17(27)7-8-21(15)36-23/h3-13H,1-2H3. The van der Waals surface area contributed by atoms with Crippen LogP contribution in [0.5, 0.6) is 11.5 Å². The zero-order valence-corrected chi connectivity index (χ0v) is 21.3. The number of halogens is 2. The van der Waals surface area contributed by atoms with Crippen LogP contribution in [-0.4, -0.2) is 29.0 Å². The van der Waals surface area contributed by atoms with Crippen LogP contribution in [0.15, 0.2) is 79.4 Å². The second kappa shape index (κ2) is 9.60. The van der Waals surface area contributed by atoms with Crippen molar-refractivity contribution in [2.45, 2.75) is 6.92 Å². The fourth-order valence-corrected chi connectivity index (χ4v) is 4.32. The summed E-state index contributed by atoms with van der Waals surface area (Å²) < 4.78 is 18.7. The molecule has 0 N–H and O–H groups in total. The van der Waals surface area contributed by atoms with Crippen LogP contribution >= 0.6 is 27.5 Å². The van der Waals surface area contributed by atoms with Gasteiger partial charge in [-0.15, -0.1) is 0 Å². The molecule has 3 aromatic carbocycles. The van der Waals surface area contributed by atoms with E-state index in [1.165, 1.54) is 26.3 Å². The number of nitrogens with zero attached hydrogens (tertiary/aromatic N) is 3. The first-order chi connectivity index (χ1) is 17.3. The predicted molar refractivity (Wildman–Crippen MR) is 141 cm³/mol. The summed E-state index contributed by atoms with van der Waals surface area (Å²) in [5.74, 6) is 0.363. The number of para-hydroxylation sites is 1. The van der Waals surface area contributed by atoms with Crippen molar-refractivity contribution in [3.63, 3.8) is 0 Å². The smallest absolute Gasteiger partial charge is 0.308 e. The van der Waals surface area contributed by atoms with Crippen molar-refractivity contribution >= 4 is 61.6 Å². The third-order valence-corrected chi connectivity index (χ3v) is 5.99. The number of carbonyl (C=O) groups excluding carboxylic acids is 1. The summed E-state index contributed by atoms with van der Waals surface area (Å²) in [6.07, 6.45) is 1.35. The van der Waals surface area contributed by atoms with Crippen molar-refractivity contribution in [3.05, 3.63) is 86.1 Å². The summed E-state index contributed by atoms with van der Waals surface area (Å²) >= 11 is 9.69. The Morgan fingerprint density at radius 3 is 2.75 bits per heavy atom. The van der Waals surface area contributed by atoms with E-state index in [4.69, 9.17) is 25.5 Å². The van der Waals surface area contributed by atoms with Crippen LogP contribution in [0.3, 0.4) is 0 Å². The van der Waals surface area contributed by atoms with Gasteiger partial charge in [0.05, 0.1) is 24.2 Å². The topological polar surface area (TPSA) is 95.9 Å². The summed E-state index contributed by atoms with van der Waals surface area (Å²) in [7, 11) is 1.43. The third-order valence-electron chi connectivity index (χ3n) is 5.28. The highest BCUT2D eigenvalue weighted by atomic mass is 79.9. The number of ether oxygens (including phenoxy) is 2. The molecule has 0 aliphatic carbocycles. The number of hydrogen-bond acceptors (Lipinski definition) is 7.